The minimum atomic E-state index is -0.802. The van der Waals surface area contributed by atoms with E-state index in [4.69, 9.17) is 16.7 Å². The number of aliphatic carboxylic acids is 1. The number of carboxylic acids is 1. The number of fused-ring (bicyclic) bond motifs is 1. The van der Waals surface area contributed by atoms with Gasteiger partial charge in [-0.3, -0.25) is 4.79 Å². The zero-order valence-electron chi connectivity index (χ0n) is 8.83. The van der Waals surface area contributed by atoms with E-state index in [0.29, 0.717) is 11.4 Å². The molecule has 1 heterocycles. The van der Waals surface area contributed by atoms with Gasteiger partial charge in [0.1, 0.15) is 0 Å². The van der Waals surface area contributed by atoms with Gasteiger partial charge in [-0.25, -0.2) is 0 Å². The van der Waals surface area contributed by atoms with Crippen molar-refractivity contribution in [3.8, 4) is 0 Å². The number of rotatable bonds is 3. The zero-order chi connectivity index (χ0) is 11.7. The van der Waals surface area contributed by atoms with E-state index in [1.807, 2.05) is 13.0 Å². The molecule has 3 nitrogen and oxygen atoms in total. The lowest BCUT2D eigenvalue weighted by Gasteiger charge is -2.08. The van der Waals surface area contributed by atoms with Gasteiger partial charge in [0.15, 0.2) is 0 Å². The summed E-state index contributed by atoms with van der Waals surface area (Å²) in [7, 11) is 0. The first-order chi connectivity index (χ1) is 7.63. The molecule has 1 aromatic heterocycles. The number of halogens is 1. The van der Waals surface area contributed by atoms with Crippen LogP contribution in [0.15, 0.2) is 24.4 Å². The second kappa shape index (κ2) is 4.18. The van der Waals surface area contributed by atoms with Crippen LogP contribution in [0.25, 0.3) is 10.9 Å². The molecule has 0 saturated carbocycles. The first kappa shape index (κ1) is 11.0. The van der Waals surface area contributed by atoms with Crippen molar-refractivity contribution in [2.75, 3.05) is 0 Å². The van der Waals surface area contributed by atoms with Crippen LogP contribution >= 0.6 is 11.6 Å². The molecule has 0 aliphatic rings. The zero-order valence-corrected chi connectivity index (χ0v) is 9.58. The molecule has 16 heavy (non-hydrogen) atoms. The summed E-state index contributed by atoms with van der Waals surface area (Å²) in [4.78, 5) is 14.2. The molecule has 0 aliphatic carbocycles. The van der Waals surface area contributed by atoms with Crippen molar-refractivity contribution in [2.45, 2.75) is 19.3 Å². The lowest BCUT2D eigenvalue weighted by molar-refractivity contribution is -0.138. The Bertz CT molecular complexity index is 533. The maximum Gasteiger partial charge on any atom is 0.311 e. The van der Waals surface area contributed by atoms with Crippen LogP contribution in [0, 0.1) is 0 Å². The standard InChI is InChI=1S/C12H12ClNO2/c1-2-8(12(15)16)10-6-14-11-4-3-7(13)5-9(10)11/h3-6,8,14H,2H2,1H3,(H,15,16). The van der Waals surface area contributed by atoms with Gasteiger partial charge >= 0.3 is 5.97 Å². The maximum absolute atomic E-state index is 11.1. The SMILES string of the molecule is CCC(C(=O)O)c1c[nH]c2ccc(Cl)cc12. The molecule has 2 rings (SSSR count). The fourth-order valence-corrected chi connectivity index (χ4v) is 2.10. The van der Waals surface area contributed by atoms with Crippen molar-refractivity contribution in [1.29, 1.82) is 0 Å². The van der Waals surface area contributed by atoms with E-state index in [2.05, 4.69) is 4.98 Å². The van der Waals surface area contributed by atoms with E-state index in [0.717, 1.165) is 16.5 Å². The average molecular weight is 238 g/mol. The summed E-state index contributed by atoms with van der Waals surface area (Å²) in [5, 5.41) is 10.6. The van der Waals surface area contributed by atoms with Gasteiger partial charge in [0, 0.05) is 22.1 Å². The normalized spacial score (nSPS) is 12.9. The van der Waals surface area contributed by atoms with E-state index in [1.165, 1.54) is 0 Å². The molecule has 0 fully saturated rings. The Morgan fingerprint density at radius 1 is 1.56 bits per heavy atom. The Balaban J connectivity index is 2.59. The molecular formula is C12H12ClNO2. The second-order valence-corrected chi connectivity index (χ2v) is 4.17. The summed E-state index contributed by atoms with van der Waals surface area (Å²) in [5.41, 5.74) is 1.71. The largest absolute Gasteiger partial charge is 0.481 e. The monoisotopic (exact) mass is 237 g/mol. The second-order valence-electron chi connectivity index (χ2n) is 3.73. The van der Waals surface area contributed by atoms with Crippen LogP contribution in [0.3, 0.4) is 0 Å². The van der Waals surface area contributed by atoms with Gasteiger partial charge in [-0.2, -0.15) is 0 Å². The third-order valence-electron chi connectivity index (χ3n) is 2.76. The van der Waals surface area contributed by atoms with Crippen molar-refractivity contribution in [1.82, 2.24) is 4.98 Å². The van der Waals surface area contributed by atoms with Gasteiger partial charge in [-0.15, -0.1) is 0 Å². The van der Waals surface area contributed by atoms with Gasteiger partial charge in [0.25, 0.3) is 0 Å². The first-order valence-corrected chi connectivity index (χ1v) is 5.50. The number of hydrogen-bond donors (Lipinski definition) is 2. The number of hydrogen-bond acceptors (Lipinski definition) is 1. The Morgan fingerprint density at radius 2 is 2.31 bits per heavy atom. The molecule has 1 unspecified atom stereocenters. The molecule has 0 saturated heterocycles. The third-order valence-corrected chi connectivity index (χ3v) is 2.99. The number of H-pyrrole nitrogens is 1. The van der Waals surface area contributed by atoms with Crippen molar-refractivity contribution in [3.63, 3.8) is 0 Å². The van der Waals surface area contributed by atoms with Crippen molar-refractivity contribution in [2.24, 2.45) is 0 Å². The molecule has 2 aromatic rings. The minimum Gasteiger partial charge on any atom is -0.481 e. The molecule has 1 aromatic carbocycles. The summed E-state index contributed by atoms with van der Waals surface area (Å²) < 4.78 is 0. The lowest BCUT2D eigenvalue weighted by atomic mass is 9.96. The average Bonchev–Trinajstić information content (AvgIpc) is 2.62. The fraction of sp³-hybridized carbons (Fsp3) is 0.250. The number of aromatic amines is 1. The van der Waals surface area contributed by atoms with Crippen LogP contribution in [0.2, 0.25) is 5.02 Å². The number of aromatic nitrogens is 1. The molecule has 4 heteroatoms. The third kappa shape index (κ3) is 1.78. The fourth-order valence-electron chi connectivity index (χ4n) is 1.93. The van der Waals surface area contributed by atoms with Crippen molar-refractivity contribution >= 4 is 28.5 Å². The van der Waals surface area contributed by atoms with Crippen LogP contribution in [0.4, 0.5) is 0 Å². The summed E-state index contributed by atoms with van der Waals surface area (Å²) in [6.07, 6.45) is 2.32. The maximum atomic E-state index is 11.1. The summed E-state index contributed by atoms with van der Waals surface area (Å²) in [6.45, 7) is 1.86. The van der Waals surface area contributed by atoms with E-state index in [-0.39, 0.29) is 0 Å². The van der Waals surface area contributed by atoms with Crippen molar-refractivity contribution in [3.05, 3.63) is 35.0 Å². The Hall–Kier alpha value is -1.48. The highest BCUT2D eigenvalue weighted by atomic mass is 35.5. The predicted molar refractivity (Wildman–Crippen MR) is 64.0 cm³/mol. The molecular weight excluding hydrogens is 226 g/mol. The van der Waals surface area contributed by atoms with Gasteiger partial charge < -0.3 is 10.1 Å². The smallest absolute Gasteiger partial charge is 0.311 e. The molecule has 0 radical (unpaired) electrons. The van der Waals surface area contributed by atoms with Crippen LogP contribution in [0.5, 0.6) is 0 Å². The van der Waals surface area contributed by atoms with E-state index >= 15 is 0 Å². The molecule has 2 N–H and O–H groups in total. The van der Waals surface area contributed by atoms with Gasteiger partial charge in [0.2, 0.25) is 0 Å². The molecule has 0 amide bonds. The van der Waals surface area contributed by atoms with Crippen LogP contribution in [0.1, 0.15) is 24.8 Å². The van der Waals surface area contributed by atoms with Gasteiger partial charge in [0.05, 0.1) is 5.92 Å². The molecule has 0 spiro atoms. The highest BCUT2D eigenvalue weighted by molar-refractivity contribution is 6.31. The Kier molecular flexibility index (Phi) is 2.88. The van der Waals surface area contributed by atoms with Crippen molar-refractivity contribution < 1.29 is 9.90 Å². The summed E-state index contributed by atoms with van der Waals surface area (Å²) in [6, 6.07) is 5.44. The van der Waals surface area contributed by atoms with Crippen LogP contribution in [-0.2, 0) is 4.79 Å². The molecule has 84 valence electrons. The van der Waals surface area contributed by atoms with Gasteiger partial charge in [-0.05, 0) is 30.2 Å². The minimum absolute atomic E-state index is 0.479. The number of benzene rings is 1. The molecule has 1 atom stereocenters. The van der Waals surface area contributed by atoms with Crippen LogP contribution in [-0.4, -0.2) is 16.1 Å². The highest BCUT2D eigenvalue weighted by Gasteiger charge is 2.20. The first-order valence-electron chi connectivity index (χ1n) is 5.12. The lowest BCUT2D eigenvalue weighted by Crippen LogP contribution is -2.09. The van der Waals surface area contributed by atoms with Gasteiger partial charge in [-0.1, -0.05) is 18.5 Å². The Labute approximate surface area is 98.0 Å². The highest BCUT2D eigenvalue weighted by Crippen LogP contribution is 2.29. The summed E-state index contributed by atoms with van der Waals surface area (Å²) >= 11 is 5.91. The summed E-state index contributed by atoms with van der Waals surface area (Å²) in [5.74, 6) is -1.28. The topological polar surface area (TPSA) is 53.1 Å². The molecule has 0 aliphatic heterocycles. The quantitative estimate of drug-likeness (QED) is 0.860. The number of nitrogens with one attached hydrogen (secondary N) is 1. The van der Waals surface area contributed by atoms with E-state index in [1.54, 1.807) is 18.3 Å². The Morgan fingerprint density at radius 3 is 2.94 bits per heavy atom. The number of carboxylic acid groups (broad SMARTS) is 1. The van der Waals surface area contributed by atoms with Crippen LogP contribution < -0.4 is 0 Å². The van der Waals surface area contributed by atoms with E-state index < -0.39 is 11.9 Å². The predicted octanol–water partition coefficient (Wildman–Crippen LogP) is 3.40. The molecule has 0 bridgehead atoms. The number of carbonyl (C=O) groups is 1. The van der Waals surface area contributed by atoms with E-state index in [9.17, 15) is 4.79 Å².